The molecule has 0 aromatic rings. The van der Waals surface area contributed by atoms with Gasteiger partial charge in [-0.3, -0.25) is 0 Å². The molecule has 0 rings (SSSR count). The van der Waals surface area contributed by atoms with Gasteiger partial charge in [0.1, 0.15) is 11.9 Å². The maximum Gasteiger partial charge on any atom is 2.00 e. The van der Waals surface area contributed by atoms with E-state index in [9.17, 15) is 28.6 Å². The first-order chi connectivity index (χ1) is 5.89. The molecule has 0 saturated carbocycles. The fourth-order valence-electron chi connectivity index (χ4n) is 0. The summed E-state index contributed by atoms with van der Waals surface area (Å²) < 4.78 is 16.3. The molecule has 0 spiro atoms. The summed E-state index contributed by atoms with van der Waals surface area (Å²) in [6.45, 7) is 0. The Bertz CT molecular complexity index is 202. The fourth-order valence-corrected chi connectivity index (χ4v) is 0. The summed E-state index contributed by atoms with van der Waals surface area (Å²) in [5.74, 6) is -4.29. The molecular formula is C4CaCl4F2O4. The first kappa shape index (κ1) is 21.5. The molecule has 84 valence electrons. The van der Waals surface area contributed by atoms with Gasteiger partial charge in [-0.15, -0.1) is 0 Å². The number of carboxylic acid groups (broad SMARTS) is 2. The van der Waals surface area contributed by atoms with Gasteiger partial charge in [-0.2, -0.15) is 0 Å². The van der Waals surface area contributed by atoms with Crippen LogP contribution in [0.2, 0.25) is 0 Å². The molecule has 0 aliphatic heterocycles. The predicted molar refractivity (Wildman–Crippen MR) is 46.9 cm³/mol. The van der Waals surface area contributed by atoms with Crippen LogP contribution >= 0.6 is 46.4 Å². The average molecular weight is 332 g/mol. The van der Waals surface area contributed by atoms with Crippen molar-refractivity contribution in [2.24, 2.45) is 0 Å². The van der Waals surface area contributed by atoms with Crippen LogP contribution in [0.25, 0.3) is 0 Å². The monoisotopic (exact) mass is 330 g/mol. The Hall–Kier alpha value is 1.22. The van der Waals surface area contributed by atoms with Gasteiger partial charge >= 0.3 is 37.7 Å². The van der Waals surface area contributed by atoms with Crippen molar-refractivity contribution < 1.29 is 28.6 Å². The van der Waals surface area contributed by atoms with E-state index in [2.05, 4.69) is 46.4 Å². The second kappa shape index (κ2) is 8.33. The summed E-state index contributed by atoms with van der Waals surface area (Å²) in [4.78, 5) is 18.5. The fraction of sp³-hybridized carbons (Fsp3) is 0.500. The third kappa shape index (κ3) is 15.2. The molecule has 0 saturated heterocycles. The van der Waals surface area contributed by atoms with E-state index in [4.69, 9.17) is 0 Å². The molecule has 15 heavy (non-hydrogen) atoms. The second-order valence-corrected chi connectivity index (χ2v) is 4.04. The molecule has 0 aliphatic rings. The third-order valence-corrected chi connectivity index (χ3v) is 1.08. The summed E-state index contributed by atoms with van der Waals surface area (Å²) >= 11 is 17.2. The topological polar surface area (TPSA) is 80.3 Å². The van der Waals surface area contributed by atoms with Crippen molar-refractivity contribution in [3.05, 3.63) is 0 Å². The van der Waals surface area contributed by atoms with Gasteiger partial charge in [-0.25, -0.2) is 8.78 Å². The van der Waals surface area contributed by atoms with E-state index in [1.54, 1.807) is 0 Å². The van der Waals surface area contributed by atoms with Crippen molar-refractivity contribution in [2.45, 2.75) is 9.17 Å². The number of hydrogen-bond acceptors (Lipinski definition) is 4. The third-order valence-electron chi connectivity index (χ3n) is 0.463. The van der Waals surface area contributed by atoms with Crippen LogP contribution in [0.1, 0.15) is 0 Å². The van der Waals surface area contributed by atoms with E-state index in [0.717, 1.165) is 0 Å². The smallest absolute Gasteiger partial charge is 0.544 e. The van der Waals surface area contributed by atoms with Gasteiger partial charge in [0.15, 0.2) is 0 Å². The zero-order valence-electron chi connectivity index (χ0n) is 6.61. The quantitative estimate of drug-likeness (QED) is 0.495. The largest absolute Gasteiger partial charge is 2.00 e. The molecule has 0 aliphatic carbocycles. The van der Waals surface area contributed by atoms with Crippen LogP contribution in [0.3, 0.4) is 0 Å². The number of carbonyl (C=O) groups excluding carboxylic acids is 2. The standard InChI is InChI=1S/2C2HCl2FO2.Ca/c2*3-2(4,5)1(6)7;/h2*(H,6,7);/q;;+2/p-2. The molecule has 11 heteroatoms. The molecule has 0 bridgehead atoms. The number of rotatable bonds is 2. The Morgan fingerprint density at radius 1 is 0.867 bits per heavy atom. The maximum absolute atomic E-state index is 11.4. The molecule has 0 aromatic carbocycles. The van der Waals surface area contributed by atoms with Crippen molar-refractivity contribution in [3.8, 4) is 0 Å². The van der Waals surface area contributed by atoms with Crippen molar-refractivity contribution in [1.29, 1.82) is 0 Å². The zero-order chi connectivity index (χ0) is 12.2. The molecule has 0 atom stereocenters. The molecule has 0 fully saturated rings. The second-order valence-electron chi connectivity index (χ2n) is 1.57. The van der Waals surface area contributed by atoms with Gasteiger partial charge in [0.2, 0.25) is 0 Å². The molecule has 0 heterocycles. The Kier molecular flexibility index (Phi) is 11.9. The summed E-state index contributed by atoms with van der Waals surface area (Å²) in [5.41, 5.74) is 0. The zero-order valence-corrected chi connectivity index (χ0v) is 11.8. The van der Waals surface area contributed by atoms with E-state index in [-0.39, 0.29) is 37.7 Å². The summed E-state index contributed by atoms with van der Waals surface area (Å²) in [7, 11) is 0. The molecule has 4 nitrogen and oxygen atoms in total. The molecule has 0 N–H and O–H groups in total. The molecular weight excluding hydrogens is 332 g/mol. The first-order valence-electron chi connectivity index (χ1n) is 2.45. The first-order valence-corrected chi connectivity index (χ1v) is 3.96. The van der Waals surface area contributed by atoms with Gasteiger partial charge in [0.05, 0.1) is 0 Å². The van der Waals surface area contributed by atoms with Crippen LogP contribution in [0.15, 0.2) is 0 Å². The molecule has 0 amide bonds. The number of hydrogen-bond donors (Lipinski definition) is 0. The average Bonchev–Trinajstić information content (AvgIpc) is 1.83. The van der Waals surface area contributed by atoms with Crippen LogP contribution in [0.5, 0.6) is 0 Å². The SMILES string of the molecule is O=C([O-])C(F)(Cl)Cl.O=C([O-])C(F)(Cl)Cl.[Ca+2]. The summed E-state index contributed by atoms with van der Waals surface area (Å²) in [6, 6.07) is 0. The van der Waals surface area contributed by atoms with Crippen LogP contribution in [-0.2, 0) is 9.59 Å². The minimum absolute atomic E-state index is 0. The Labute approximate surface area is 132 Å². The van der Waals surface area contributed by atoms with Gasteiger partial charge in [-0.1, -0.05) is 46.4 Å². The van der Waals surface area contributed by atoms with Crippen molar-refractivity contribution in [3.63, 3.8) is 0 Å². The number of alkyl halides is 6. The molecule has 0 unspecified atom stereocenters. The van der Waals surface area contributed by atoms with E-state index in [1.165, 1.54) is 0 Å². The van der Waals surface area contributed by atoms with Gasteiger partial charge in [0, 0.05) is 0 Å². The predicted octanol–water partition coefficient (Wildman–Crippen LogP) is -0.706. The van der Waals surface area contributed by atoms with E-state index in [0.29, 0.717) is 0 Å². The number of carboxylic acids is 2. The minimum atomic E-state index is -3.25. The van der Waals surface area contributed by atoms with Gasteiger partial charge in [-0.05, 0) is 0 Å². The van der Waals surface area contributed by atoms with E-state index in [1.807, 2.05) is 0 Å². The van der Waals surface area contributed by atoms with Crippen LogP contribution in [0, 0.1) is 0 Å². The van der Waals surface area contributed by atoms with Crippen molar-refractivity contribution >= 4 is 96.1 Å². The maximum atomic E-state index is 11.4. The molecule has 0 aromatic heterocycles. The van der Waals surface area contributed by atoms with Crippen LogP contribution in [-0.4, -0.2) is 58.9 Å². The normalized spacial score (nSPS) is 10.5. The van der Waals surface area contributed by atoms with Gasteiger partial charge in [0.25, 0.3) is 9.17 Å². The summed E-state index contributed by atoms with van der Waals surface area (Å²) in [6.07, 6.45) is 0. The van der Waals surface area contributed by atoms with E-state index < -0.39 is 21.1 Å². The van der Waals surface area contributed by atoms with Crippen LogP contribution in [0.4, 0.5) is 8.78 Å². The van der Waals surface area contributed by atoms with E-state index >= 15 is 0 Å². The minimum Gasteiger partial charge on any atom is -0.544 e. The van der Waals surface area contributed by atoms with Crippen molar-refractivity contribution in [1.82, 2.24) is 0 Å². The molecule has 0 radical (unpaired) electrons. The Morgan fingerprint density at radius 2 is 0.933 bits per heavy atom. The number of aliphatic carboxylic acids is 2. The summed E-state index contributed by atoms with van der Waals surface area (Å²) in [5, 5.41) is 18.5. The van der Waals surface area contributed by atoms with Crippen molar-refractivity contribution in [2.75, 3.05) is 0 Å². The number of halogens is 6. The number of carbonyl (C=O) groups is 2. The Balaban J connectivity index is -0.000000180. The Morgan fingerprint density at radius 3 is 0.933 bits per heavy atom. The van der Waals surface area contributed by atoms with Crippen LogP contribution < -0.4 is 10.2 Å². The van der Waals surface area contributed by atoms with Gasteiger partial charge < -0.3 is 19.8 Å².